The van der Waals surface area contributed by atoms with Gasteiger partial charge in [-0.05, 0) is 38.0 Å². The van der Waals surface area contributed by atoms with E-state index in [-0.39, 0.29) is 0 Å². The van der Waals surface area contributed by atoms with Crippen molar-refractivity contribution in [1.29, 1.82) is 0 Å². The summed E-state index contributed by atoms with van der Waals surface area (Å²) < 4.78 is 12.1. The summed E-state index contributed by atoms with van der Waals surface area (Å²) in [4.78, 5) is 0.780. The fourth-order valence-corrected chi connectivity index (χ4v) is 2.65. The Bertz CT molecular complexity index is 421. The van der Waals surface area contributed by atoms with Crippen LogP contribution in [0, 0.1) is 6.92 Å². The molecule has 0 bridgehead atoms. The molecule has 1 N–H and O–H groups in total. The van der Waals surface area contributed by atoms with Gasteiger partial charge in [0, 0.05) is 10.3 Å². The molecule has 0 aromatic heterocycles. The van der Waals surface area contributed by atoms with Crippen molar-refractivity contribution in [3.8, 4) is 0 Å². The van der Waals surface area contributed by atoms with Gasteiger partial charge in [-0.15, -0.1) is 0 Å². The summed E-state index contributed by atoms with van der Waals surface area (Å²) >= 11 is 0. The van der Waals surface area contributed by atoms with Crippen molar-refractivity contribution in [2.75, 3.05) is 0 Å². The SMILES string of the molecule is CCCC[C@@H](O)/C(C)=C\[S@@](=O)c1ccc(C)cc1. The van der Waals surface area contributed by atoms with E-state index in [1.165, 1.54) is 0 Å². The number of aliphatic hydroxyl groups excluding tert-OH is 1. The highest BCUT2D eigenvalue weighted by Crippen LogP contribution is 2.15. The molecule has 0 aliphatic rings. The summed E-state index contributed by atoms with van der Waals surface area (Å²) in [6, 6.07) is 7.63. The lowest BCUT2D eigenvalue weighted by Crippen LogP contribution is -2.08. The Morgan fingerprint density at radius 1 is 1.39 bits per heavy atom. The van der Waals surface area contributed by atoms with Gasteiger partial charge in [0.25, 0.3) is 0 Å². The number of aryl methyl sites for hydroxylation is 1. The first-order chi connectivity index (χ1) is 8.54. The van der Waals surface area contributed by atoms with E-state index in [0.717, 1.165) is 35.3 Å². The maximum atomic E-state index is 12.1. The zero-order valence-electron chi connectivity index (χ0n) is 11.3. The normalized spacial score (nSPS) is 15.4. The van der Waals surface area contributed by atoms with Crippen LogP contribution in [-0.4, -0.2) is 15.4 Å². The molecule has 0 spiro atoms. The van der Waals surface area contributed by atoms with E-state index in [0.29, 0.717) is 0 Å². The quantitative estimate of drug-likeness (QED) is 0.855. The second-order valence-corrected chi connectivity index (χ2v) is 5.93. The minimum atomic E-state index is -1.17. The van der Waals surface area contributed by atoms with Gasteiger partial charge >= 0.3 is 0 Å². The molecule has 0 radical (unpaired) electrons. The minimum absolute atomic E-state index is 0.473. The second-order valence-electron chi connectivity index (χ2n) is 4.63. The van der Waals surface area contributed by atoms with E-state index in [4.69, 9.17) is 0 Å². The van der Waals surface area contributed by atoms with Gasteiger partial charge < -0.3 is 5.11 Å². The topological polar surface area (TPSA) is 37.3 Å². The molecule has 0 unspecified atom stereocenters. The lowest BCUT2D eigenvalue weighted by molar-refractivity contribution is 0.197. The Morgan fingerprint density at radius 2 is 2.00 bits per heavy atom. The van der Waals surface area contributed by atoms with Crippen molar-refractivity contribution < 1.29 is 9.32 Å². The standard InChI is InChI=1S/C15H22O2S/c1-4-5-6-15(16)13(3)11-18(17)14-9-7-12(2)8-10-14/h7-11,15-16H,4-6H2,1-3H3/b13-11-/t15-,18-/m1/s1. The maximum Gasteiger partial charge on any atom is 0.0776 e. The van der Waals surface area contributed by atoms with E-state index in [2.05, 4.69) is 6.92 Å². The number of aliphatic hydroxyl groups is 1. The highest BCUT2D eigenvalue weighted by Gasteiger charge is 2.08. The predicted octanol–water partition coefficient (Wildman–Crippen LogP) is 3.56. The van der Waals surface area contributed by atoms with Crippen molar-refractivity contribution in [2.24, 2.45) is 0 Å². The third-order valence-electron chi connectivity index (χ3n) is 2.90. The Balaban J connectivity index is 2.70. The highest BCUT2D eigenvalue weighted by molar-refractivity contribution is 7.88. The summed E-state index contributed by atoms with van der Waals surface area (Å²) in [6.45, 7) is 5.94. The number of rotatable bonds is 6. The zero-order chi connectivity index (χ0) is 13.5. The summed E-state index contributed by atoms with van der Waals surface area (Å²) in [5.74, 6) is 0. The number of hydrogen-bond donors (Lipinski definition) is 1. The van der Waals surface area contributed by atoms with Crippen LogP contribution < -0.4 is 0 Å². The van der Waals surface area contributed by atoms with E-state index in [9.17, 15) is 9.32 Å². The van der Waals surface area contributed by atoms with Crippen LogP contribution in [0.2, 0.25) is 0 Å². The summed E-state index contributed by atoms with van der Waals surface area (Å²) in [5.41, 5.74) is 1.95. The van der Waals surface area contributed by atoms with Gasteiger partial charge in [0.1, 0.15) is 0 Å². The molecule has 0 amide bonds. The van der Waals surface area contributed by atoms with Gasteiger partial charge in [0.05, 0.1) is 16.9 Å². The maximum absolute atomic E-state index is 12.1. The summed E-state index contributed by atoms with van der Waals surface area (Å²) in [6.07, 6.45) is 2.32. The molecule has 0 aliphatic carbocycles. The Morgan fingerprint density at radius 3 is 2.56 bits per heavy atom. The lowest BCUT2D eigenvalue weighted by Gasteiger charge is -2.10. The highest BCUT2D eigenvalue weighted by atomic mass is 32.2. The van der Waals surface area contributed by atoms with E-state index >= 15 is 0 Å². The number of hydrogen-bond acceptors (Lipinski definition) is 2. The van der Waals surface area contributed by atoms with Crippen LogP contribution in [0.1, 0.15) is 38.7 Å². The molecular formula is C15H22O2S. The van der Waals surface area contributed by atoms with Gasteiger partial charge in [-0.3, -0.25) is 0 Å². The zero-order valence-corrected chi connectivity index (χ0v) is 12.2. The number of unbranched alkanes of at least 4 members (excludes halogenated alkanes) is 1. The molecule has 0 saturated heterocycles. The molecule has 18 heavy (non-hydrogen) atoms. The average Bonchev–Trinajstić information content (AvgIpc) is 2.36. The first-order valence-corrected chi connectivity index (χ1v) is 7.59. The largest absolute Gasteiger partial charge is 0.389 e. The molecule has 1 rings (SSSR count). The van der Waals surface area contributed by atoms with Gasteiger partial charge in [-0.25, -0.2) is 4.21 Å². The fourth-order valence-electron chi connectivity index (χ4n) is 1.61. The molecule has 0 heterocycles. The van der Waals surface area contributed by atoms with Gasteiger partial charge in [0.2, 0.25) is 0 Å². The van der Waals surface area contributed by atoms with Crippen molar-refractivity contribution in [2.45, 2.75) is 51.0 Å². The molecule has 0 fully saturated rings. The second kappa shape index (κ2) is 7.49. The first kappa shape index (κ1) is 15.1. The van der Waals surface area contributed by atoms with Crippen molar-refractivity contribution >= 4 is 10.8 Å². The third kappa shape index (κ3) is 4.75. The summed E-state index contributed by atoms with van der Waals surface area (Å²) in [7, 11) is -1.17. The van der Waals surface area contributed by atoms with Crippen LogP contribution in [0.4, 0.5) is 0 Å². The summed E-state index contributed by atoms with van der Waals surface area (Å²) in [5, 5.41) is 11.5. The van der Waals surface area contributed by atoms with E-state index in [1.807, 2.05) is 38.1 Å². The predicted molar refractivity (Wildman–Crippen MR) is 76.9 cm³/mol. The van der Waals surface area contributed by atoms with Crippen molar-refractivity contribution in [3.05, 3.63) is 40.8 Å². The molecule has 1 aromatic rings. The Hall–Kier alpha value is -0.930. The van der Waals surface area contributed by atoms with Crippen LogP contribution in [0.3, 0.4) is 0 Å². The first-order valence-electron chi connectivity index (χ1n) is 6.38. The van der Waals surface area contributed by atoms with Crippen LogP contribution in [-0.2, 0) is 10.8 Å². The molecular weight excluding hydrogens is 244 g/mol. The Labute approximate surface area is 112 Å². The van der Waals surface area contributed by atoms with Crippen molar-refractivity contribution in [3.63, 3.8) is 0 Å². The minimum Gasteiger partial charge on any atom is -0.389 e. The Kier molecular flexibility index (Phi) is 6.30. The van der Waals surface area contributed by atoms with Crippen LogP contribution in [0.25, 0.3) is 0 Å². The van der Waals surface area contributed by atoms with E-state index < -0.39 is 16.9 Å². The molecule has 100 valence electrons. The molecule has 3 heteroatoms. The van der Waals surface area contributed by atoms with Crippen LogP contribution in [0.15, 0.2) is 40.1 Å². The van der Waals surface area contributed by atoms with Crippen LogP contribution in [0.5, 0.6) is 0 Å². The smallest absolute Gasteiger partial charge is 0.0776 e. The van der Waals surface area contributed by atoms with E-state index in [1.54, 1.807) is 5.41 Å². The molecule has 2 atom stereocenters. The van der Waals surface area contributed by atoms with Gasteiger partial charge in [-0.1, -0.05) is 37.5 Å². The molecule has 0 aliphatic heterocycles. The number of benzene rings is 1. The van der Waals surface area contributed by atoms with Crippen molar-refractivity contribution in [1.82, 2.24) is 0 Å². The fraction of sp³-hybridized carbons (Fsp3) is 0.467. The van der Waals surface area contributed by atoms with Gasteiger partial charge in [-0.2, -0.15) is 0 Å². The molecule has 2 nitrogen and oxygen atoms in total. The average molecular weight is 266 g/mol. The lowest BCUT2D eigenvalue weighted by atomic mass is 10.1. The third-order valence-corrected chi connectivity index (χ3v) is 4.23. The molecule has 1 aromatic carbocycles. The van der Waals surface area contributed by atoms with Crippen LogP contribution >= 0.6 is 0 Å². The monoisotopic (exact) mass is 266 g/mol. The molecule has 0 saturated carbocycles. The van der Waals surface area contributed by atoms with Gasteiger partial charge in [0.15, 0.2) is 0 Å².